The zero-order chi connectivity index (χ0) is 16.4. The highest BCUT2D eigenvalue weighted by Gasteiger charge is 2.09. The van der Waals surface area contributed by atoms with Crippen LogP contribution >= 0.6 is 23.2 Å². The second-order valence-electron chi connectivity index (χ2n) is 5.54. The second kappa shape index (κ2) is 6.69. The summed E-state index contributed by atoms with van der Waals surface area (Å²) < 4.78 is 5.88. The largest absolute Gasteiger partial charge is 0.459 e. The molecule has 2 nitrogen and oxygen atoms in total. The van der Waals surface area contributed by atoms with Gasteiger partial charge in [-0.05, 0) is 67.4 Å². The van der Waals surface area contributed by atoms with Gasteiger partial charge < -0.3 is 9.73 Å². The summed E-state index contributed by atoms with van der Waals surface area (Å²) in [4.78, 5) is 0. The molecule has 118 valence electrons. The molecule has 1 N–H and O–H groups in total. The van der Waals surface area contributed by atoms with Crippen molar-refractivity contribution < 1.29 is 4.42 Å². The Morgan fingerprint density at radius 3 is 2.52 bits per heavy atom. The van der Waals surface area contributed by atoms with Crippen LogP contribution in [-0.4, -0.2) is 0 Å². The van der Waals surface area contributed by atoms with Gasteiger partial charge >= 0.3 is 0 Å². The van der Waals surface area contributed by atoms with Crippen molar-refractivity contribution in [2.45, 2.75) is 20.4 Å². The van der Waals surface area contributed by atoms with Gasteiger partial charge in [0.05, 0.1) is 11.6 Å². The van der Waals surface area contributed by atoms with Gasteiger partial charge in [-0.15, -0.1) is 0 Å². The number of furan rings is 1. The molecule has 3 aromatic rings. The van der Waals surface area contributed by atoms with Gasteiger partial charge in [0.15, 0.2) is 0 Å². The van der Waals surface area contributed by atoms with E-state index in [-0.39, 0.29) is 0 Å². The van der Waals surface area contributed by atoms with E-state index in [0.717, 1.165) is 22.8 Å². The molecule has 0 fully saturated rings. The maximum atomic E-state index is 6.21. The fourth-order valence-corrected chi connectivity index (χ4v) is 2.73. The highest BCUT2D eigenvalue weighted by atomic mass is 35.5. The normalized spacial score (nSPS) is 10.8. The molecule has 0 unspecified atom stereocenters. The molecule has 1 aromatic heterocycles. The Bertz CT molecular complexity index is 839. The molecule has 3 rings (SSSR count). The van der Waals surface area contributed by atoms with Crippen molar-refractivity contribution >= 4 is 28.9 Å². The molecule has 0 aliphatic carbocycles. The summed E-state index contributed by atoms with van der Waals surface area (Å²) in [6.07, 6.45) is 0. The fourth-order valence-electron chi connectivity index (χ4n) is 2.34. The van der Waals surface area contributed by atoms with Crippen LogP contribution in [0.1, 0.15) is 16.9 Å². The molecule has 0 radical (unpaired) electrons. The molecule has 0 amide bonds. The molecule has 0 saturated carbocycles. The van der Waals surface area contributed by atoms with Crippen LogP contribution in [0.3, 0.4) is 0 Å². The summed E-state index contributed by atoms with van der Waals surface area (Å²) in [5.41, 5.74) is 4.43. The Balaban J connectivity index is 1.74. The first-order valence-electron chi connectivity index (χ1n) is 7.38. The first-order valence-corrected chi connectivity index (χ1v) is 8.14. The molecule has 0 spiro atoms. The molecule has 0 bridgehead atoms. The van der Waals surface area contributed by atoms with Crippen molar-refractivity contribution in [3.63, 3.8) is 0 Å². The Labute approximate surface area is 146 Å². The maximum Gasteiger partial charge on any atom is 0.135 e. The van der Waals surface area contributed by atoms with Gasteiger partial charge in [0.1, 0.15) is 11.5 Å². The SMILES string of the molecule is Cc1ccc(NCc2ccc(-c3cc(Cl)ccc3Cl)o2)cc1C. The van der Waals surface area contributed by atoms with E-state index in [0.29, 0.717) is 16.6 Å². The third-order valence-electron chi connectivity index (χ3n) is 3.83. The van der Waals surface area contributed by atoms with E-state index < -0.39 is 0 Å². The van der Waals surface area contributed by atoms with Gasteiger partial charge in [-0.3, -0.25) is 0 Å². The molecular formula is C19H17Cl2NO. The van der Waals surface area contributed by atoms with Crippen molar-refractivity contribution in [1.29, 1.82) is 0 Å². The van der Waals surface area contributed by atoms with E-state index >= 15 is 0 Å². The van der Waals surface area contributed by atoms with E-state index in [2.05, 4.69) is 37.4 Å². The molecule has 0 aliphatic rings. The maximum absolute atomic E-state index is 6.21. The van der Waals surface area contributed by atoms with E-state index in [9.17, 15) is 0 Å². The first kappa shape index (κ1) is 16.0. The Morgan fingerprint density at radius 1 is 0.913 bits per heavy atom. The number of hydrogen-bond acceptors (Lipinski definition) is 2. The van der Waals surface area contributed by atoms with Crippen molar-refractivity contribution in [2.24, 2.45) is 0 Å². The predicted molar refractivity (Wildman–Crippen MR) is 97.4 cm³/mol. The number of halogens is 2. The van der Waals surface area contributed by atoms with Gasteiger partial charge in [0.25, 0.3) is 0 Å². The van der Waals surface area contributed by atoms with E-state index in [1.165, 1.54) is 11.1 Å². The number of benzene rings is 2. The lowest BCUT2D eigenvalue weighted by Gasteiger charge is -2.07. The van der Waals surface area contributed by atoms with E-state index in [1.54, 1.807) is 12.1 Å². The van der Waals surface area contributed by atoms with Gasteiger partial charge in [-0.1, -0.05) is 29.3 Å². The van der Waals surface area contributed by atoms with Crippen LogP contribution in [0.2, 0.25) is 10.0 Å². The second-order valence-corrected chi connectivity index (χ2v) is 6.39. The third-order valence-corrected chi connectivity index (χ3v) is 4.39. The summed E-state index contributed by atoms with van der Waals surface area (Å²) in [5.74, 6) is 1.56. The lowest BCUT2D eigenvalue weighted by molar-refractivity contribution is 0.531. The van der Waals surface area contributed by atoms with Crippen LogP contribution in [0.15, 0.2) is 52.9 Å². The van der Waals surface area contributed by atoms with Crippen molar-refractivity contribution in [1.82, 2.24) is 0 Å². The molecule has 0 atom stereocenters. The lowest BCUT2D eigenvalue weighted by Crippen LogP contribution is -1.98. The molecule has 0 saturated heterocycles. The summed E-state index contributed by atoms with van der Waals surface area (Å²) in [6.45, 7) is 4.82. The number of rotatable bonds is 4. The minimum absolute atomic E-state index is 0.612. The average Bonchev–Trinajstić information content (AvgIpc) is 2.99. The standard InChI is InChI=1S/C19H17Cl2NO/c1-12-3-5-15(9-13(12)2)22-11-16-6-8-19(23-16)17-10-14(20)4-7-18(17)21/h3-10,22H,11H2,1-2H3. The quantitative estimate of drug-likeness (QED) is 0.585. The Morgan fingerprint density at radius 2 is 1.74 bits per heavy atom. The zero-order valence-corrected chi connectivity index (χ0v) is 14.5. The topological polar surface area (TPSA) is 25.2 Å². The van der Waals surface area contributed by atoms with E-state index in [4.69, 9.17) is 27.6 Å². The highest BCUT2D eigenvalue weighted by molar-refractivity contribution is 6.35. The smallest absolute Gasteiger partial charge is 0.135 e. The number of hydrogen-bond donors (Lipinski definition) is 1. The van der Waals surface area contributed by atoms with Crippen LogP contribution in [0.5, 0.6) is 0 Å². The molecule has 4 heteroatoms. The highest BCUT2D eigenvalue weighted by Crippen LogP contribution is 2.32. The monoisotopic (exact) mass is 345 g/mol. The predicted octanol–water partition coefficient (Wildman–Crippen LogP) is 6.48. The van der Waals surface area contributed by atoms with Crippen LogP contribution in [-0.2, 0) is 6.54 Å². The van der Waals surface area contributed by atoms with Gasteiger partial charge in [-0.2, -0.15) is 0 Å². The summed E-state index contributed by atoms with van der Waals surface area (Å²) >= 11 is 12.2. The van der Waals surface area contributed by atoms with Crippen molar-refractivity contribution in [2.75, 3.05) is 5.32 Å². The van der Waals surface area contributed by atoms with Crippen LogP contribution < -0.4 is 5.32 Å². The minimum Gasteiger partial charge on any atom is -0.459 e. The molecule has 23 heavy (non-hydrogen) atoms. The fraction of sp³-hybridized carbons (Fsp3) is 0.158. The molecule has 0 aliphatic heterocycles. The van der Waals surface area contributed by atoms with Crippen LogP contribution in [0, 0.1) is 13.8 Å². The number of aryl methyl sites for hydroxylation is 2. The van der Waals surface area contributed by atoms with Crippen molar-refractivity contribution in [3.8, 4) is 11.3 Å². The van der Waals surface area contributed by atoms with Gasteiger partial charge in [0, 0.05) is 16.3 Å². The summed E-state index contributed by atoms with van der Waals surface area (Å²) in [6, 6.07) is 15.5. The van der Waals surface area contributed by atoms with Gasteiger partial charge in [0.2, 0.25) is 0 Å². The third kappa shape index (κ3) is 3.72. The number of anilines is 1. The van der Waals surface area contributed by atoms with Crippen LogP contribution in [0.25, 0.3) is 11.3 Å². The molecule has 2 aromatic carbocycles. The number of nitrogens with one attached hydrogen (secondary N) is 1. The van der Waals surface area contributed by atoms with E-state index in [1.807, 2.05) is 18.2 Å². The average molecular weight is 346 g/mol. The van der Waals surface area contributed by atoms with Crippen molar-refractivity contribution in [3.05, 3.63) is 75.5 Å². The minimum atomic E-state index is 0.612. The lowest BCUT2D eigenvalue weighted by atomic mass is 10.1. The Hall–Kier alpha value is -1.90. The van der Waals surface area contributed by atoms with Crippen LogP contribution in [0.4, 0.5) is 5.69 Å². The Kier molecular flexibility index (Phi) is 4.65. The molecule has 1 heterocycles. The summed E-state index contributed by atoms with van der Waals surface area (Å²) in [7, 11) is 0. The summed E-state index contributed by atoms with van der Waals surface area (Å²) in [5, 5.41) is 4.62. The first-order chi connectivity index (χ1) is 11.0. The zero-order valence-electron chi connectivity index (χ0n) is 13.0. The van der Waals surface area contributed by atoms with Gasteiger partial charge in [-0.25, -0.2) is 0 Å². The molecular weight excluding hydrogens is 329 g/mol.